The van der Waals surface area contributed by atoms with Crippen LogP contribution in [0.1, 0.15) is 68.2 Å². The molecule has 2 fully saturated rings. The van der Waals surface area contributed by atoms with Crippen LogP contribution in [0.25, 0.3) is 21.7 Å². The molecule has 2 saturated heterocycles. The number of likely N-dealkylation sites (tertiary alicyclic amines) is 1. The maximum atomic E-state index is 12.7. The van der Waals surface area contributed by atoms with Crippen LogP contribution < -0.4 is 4.74 Å². The second kappa shape index (κ2) is 12.8. The number of nitrogens with zero attached hydrogens (tertiary/aromatic N) is 3. The number of hydrogen-bond donors (Lipinski definition) is 0. The van der Waals surface area contributed by atoms with Gasteiger partial charge in [0.05, 0.1) is 25.5 Å². The van der Waals surface area contributed by atoms with Crippen molar-refractivity contribution in [3.8, 4) is 27.4 Å². The van der Waals surface area contributed by atoms with Gasteiger partial charge < -0.3 is 24.0 Å². The zero-order valence-electron chi connectivity index (χ0n) is 27.0. The summed E-state index contributed by atoms with van der Waals surface area (Å²) >= 11 is 1.69. The van der Waals surface area contributed by atoms with Gasteiger partial charge in [-0.1, -0.05) is 30.3 Å². The van der Waals surface area contributed by atoms with Gasteiger partial charge in [0.15, 0.2) is 0 Å². The highest BCUT2D eigenvalue weighted by molar-refractivity contribution is 7.15. The number of aromatic nitrogens is 1. The van der Waals surface area contributed by atoms with Crippen LogP contribution in [0.2, 0.25) is 0 Å². The van der Waals surface area contributed by atoms with Crippen LogP contribution in [0.5, 0.6) is 5.75 Å². The van der Waals surface area contributed by atoms with Crippen LogP contribution in [0.3, 0.4) is 0 Å². The molecule has 4 heterocycles. The first-order valence-electron chi connectivity index (χ1n) is 16.2. The lowest BCUT2D eigenvalue weighted by atomic mass is 9.79. The molecule has 1 spiro atoms. The number of piperidine rings is 1. The van der Waals surface area contributed by atoms with Crippen molar-refractivity contribution in [2.45, 2.75) is 78.9 Å². The summed E-state index contributed by atoms with van der Waals surface area (Å²) in [6.45, 7) is 17.3. The number of ether oxygens (including phenoxy) is 3. The molecule has 0 N–H and O–H groups in total. The van der Waals surface area contributed by atoms with Gasteiger partial charge in [0.25, 0.3) is 0 Å². The molecule has 0 radical (unpaired) electrons. The van der Waals surface area contributed by atoms with E-state index in [-0.39, 0.29) is 6.09 Å². The third kappa shape index (κ3) is 6.82. The first-order valence-corrected chi connectivity index (χ1v) is 17.0. The molecule has 0 bridgehead atoms. The molecule has 1 aromatic heterocycles. The van der Waals surface area contributed by atoms with E-state index in [0.29, 0.717) is 25.1 Å². The van der Waals surface area contributed by atoms with Crippen LogP contribution in [-0.2, 0) is 22.4 Å². The maximum Gasteiger partial charge on any atom is 0.410 e. The molecule has 3 aliphatic rings. The second-order valence-corrected chi connectivity index (χ2v) is 14.9. The number of amides is 1. The van der Waals surface area contributed by atoms with Crippen molar-refractivity contribution >= 4 is 17.4 Å². The summed E-state index contributed by atoms with van der Waals surface area (Å²) in [7, 11) is 0. The zero-order valence-corrected chi connectivity index (χ0v) is 27.9. The van der Waals surface area contributed by atoms with Crippen LogP contribution in [0, 0.1) is 19.3 Å². The molecule has 0 aliphatic carbocycles. The van der Waals surface area contributed by atoms with Gasteiger partial charge in [-0.3, -0.25) is 0 Å². The zero-order chi connectivity index (χ0) is 30.9. The van der Waals surface area contributed by atoms with E-state index < -0.39 is 5.60 Å². The largest absolute Gasteiger partial charge is 0.493 e. The molecule has 3 aliphatic heterocycles. The quantitative estimate of drug-likeness (QED) is 0.254. The predicted molar refractivity (Wildman–Crippen MR) is 176 cm³/mol. The fourth-order valence-corrected chi connectivity index (χ4v) is 8.16. The van der Waals surface area contributed by atoms with Crippen molar-refractivity contribution in [1.29, 1.82) is 0 Å². The second-order valence-electron chi connectivity index (χ2n) is 13.8. The SMILES string of the molecule is Cc1c(OCCCN2CCCC3(CCOC3)C2)cccc1-c1cccc(-c2nc3c(s2)CN(C(=O)OC(C)(C)C)CC3)c1C. The van der Waals surface area contributed by atoms with Crippen molar-refractivity contribution in [3.63, 3.8) is 0 Å². The fourth-order valence-electron chi connectivity index (χ4n) is 6.96. The Morgan fingerprint density at radius 3 is 2.59 bits per heavy atom. The van der Waals surface area contributed by atoms with Crippen molar-refractivity contribution < 1.29 is 19.0 Å². The van der Waals surface area contributed by atoms with Crippen molar-refractivity contribution in [2.75, 3.05) is 46.0 Å². The number of carbonyl (C=O) groups excluding carboxylic acids is 1. The first-order chi connectivity index (χ1) is 21.1. The molecule has 8 heteroatoms. The van der Waals surface area contributed by atoms with Gasteiger partial charge in [0.2, 0.25) is 0 Å². The van der Waals surface area contributed by atoms with Gasteiger partial charge in [-0.25, -0.2) is 9.78 Å². The Labute approximate surface area is 266 Å². The molecule has 1 unspecified atom stereocenters. The Morgan fingerprint density at radius 1 is 1.05 bits per heavy atom. The minimum Gasteiger partial charge on any atom is -0.493 e. The van der Waals surface area contributed by atoms with Gasteiger partial charge in [-0.15, -0.1) is 11.3 Å². The predicted octanol–water partition coefficient (Wildman–Crippen LogP) is 7.66. The van der Waals surface area contributed by atoms with Gasteiger partial charge in [0.1, 0.15) is 16.4 Å². The highest BCUT2D eigenvalue weighted by atomic mass is 32.1. The Balaban J connectivity index is 1.12. The van der Waals surface area contributed by atoms with Gasteiger partial charge in [-0.2, -0.15) is 0 Å². The van der Waals surface area contributed by atoms with E-state index in [2.05, 4.69) is 55.1 Å². The smallest absolute Gasteiger partial charge is 0.410 e. The molecular formula is C36H47N3O4S. The average Bonchev–Trinajstić information content (AvgIpc) is 3.62. The fraction of sp³-hybridized carbons (Fsp3) is 0.556. The summed E-state index contributed by atoms with van der Waals surface area (Å²) in [6.07, 6.45) is 5.31. The summed E-state index contributed by atoms with van der Waals surface area (Å²) in [5.41, 5.74) is 6.90. The van der Waals surface area contributed by atoms with Gasteiger partial charge in [-0.05, 0) is 95.2 Å². The third-order valence-electron chi connectivity index (χ3n) is 9.32. The highest BCUT2D eigenvalue weighted by Crippen LogP contribution is 2.40. The molecular weight excluding hydrogens is 570 g/mol. The van der Waals surface area contributed by atoms with E-state index in [4.69, 9.17) is 19.2 Å². The Bertz CT molecular complexity index is 1490. The Kier molecular flexibility index (Phi) is 9.05. The van der Waals surface area contributed by atoms with E-state index >= 15 is 0 Å². The lowest BCUT2D eigenvalue weighted by molar-refractivity contribution is 0.0225. The van der Waals surface area contributed by atoms with E-state index in [0.717, 1.165) is 59.5 Å². The monoisotopic (exact) mass is 617 g/mol. The Hall–Kier alpha value is -2.94. The summed E-state index contributed by atoms with van der Waals surface area (Å²) < 4.78 is 17.7. The van der Waals surface area contributed by atoms with Crippen LogP contribution in [0.4, 0.5) is 4.79 Å². The van der Waals surface area contributed by atoms with Crippen molar-refractivity contribution in [2.24, 2.45) is 5.41 Å². The lowest BCUT2D eigenvalue weighted by Crippen LogP contribution is -2.44. The molecule has 2 aromatic carbocycles. The number of fused-ring (bicyclic) bond motifs is 1. The molecule has 3 aromatic rings. The normalized spacial score (nSPS) is 20.6. The van der Waals surface area contributed by atoms with Crippen molar-refractivity contribution in [1.82, 2.24) is 14.8 Å². The summed E-state index contributed by atoms with van der Waals surface area (Å²) in [5.74, 6) is 0.957. The maximum absolute atomic E-state index is 12.7. The number of hydrogen-bond acceptors (Lipinski definition) is 7. The summed E-state index contributed by atoms with van der Waals surface area (Å²) in [5, 5.41) is 1.01. The molecule has 44 heavy (non-hydrogen) atoms. The van der Waals surface area contributed by atoms with E-state index in [1.165, 1.54) is 54.6 Å². The topological polar surface area (TPSA) is 64.1 Å². The van der Waals surface area contributed by atoms with E-state index in [9.17, 15) is 4.79 Å². The van der Waals surface area contributed by atoms with Crippen LogP contribution >= 0.6 is 11.3 Å². The van der Waals surface area contributed by atoms with Crippen molar-refractivity contribution in [3.05, 3.63) is 58.1 Å². The molecule has 0 saturated carbocycles. The standard InChI is InChI=1S/C36H47N3O4S/c1-25-27(10-6-12-29(25)33-37-30-14-19-39(22-32(30)44-33)34(40)43-35(3,4)5)28-11-7-13-31(26(28)2)42-20-9-18-38-17-8-15-36(23-38)16-21-41-24-36/h6-7,10-13H,8-9,14-24H2,1-5H3. The number of benzene rings is 2. The van der Waals surface area contributed by atoms with E-state index in [1.54, 1.807) is 16.2 Å². The highest BCUT2D eigenvalue weighted by Gasteiger charge is 2.38. The third-order valence-corrected chi connectivity index (χ3v) is 10.4. The molecule has 6 rings (SSSR count). The number of carbonyl (C=O) groups is 1. The average molecular weight is 618 g/mol. The van der Waals surface area contributed by atoms with Crippen LogP contribution in [0.15, 0.2) is 36.4 Å². The first kappa shape index (κ1) is 31.1. The molecule has 1 amide bonds. The van der Waals surface area contributed by atoms with Gasteiger partial charge >= 0.3 is 6.09 Å². The summed E-state index contributed by atoms with van der Waals surface area (Å²) in [6, 6.07) is 12.9. The number of rotatable bonds is 7. The van der Waals surface area contributed by atoms with Crippen LogP contribution in [-0.4, -0.2) is 72.5 Å². The molecule has 7 nitrogen and oxygen atoms in total. The lowest BCUT2D eigenvalue weighted by Gasteiger charge is -2.39. The minimum atomic E-state index is -0.504. The van der Waals surface area contributed by atoms with Gasteiger partial charge in [0, 0.05) is 48.5 Å². The molecule has 1 atom stereocenters. The molecule has 236 valence electrons. The van der Waals surface area contributed by atoms with E-state index in [1.807, 2.05) is 20.8 Å². The Morgan fingerprint density at radius 2 is 1.82 bits per heavy atom. The number of thiazole rings is 1. The minimum absolute atomic E-state index is 0.257. The summed E-state index contributed by atoms with van der Waals surface area (Å²) in [4.78, 5) is 23.3.